The van der Waals surface area contributed by atoms with Gasteiger partial charge in [-0.3, -0.25) is 9.00 Å². The van der Waals surface area contributed by atoms with Gasteiger partial charge < -0.3 is 11.1 Å². The zero-order valence-electron chi connectivity index (χ0n) is 14.8. The van der Waals surface area contributed by atoms with E-state index in [1.807, 2.05) is 65.8 Å². The fourth-order valence-corrected chi connectivity index (χ4v) is 2.64. The van der Waals surface area contributed by atoms with Gasteiger partial charge in [0.2, 0.25) is 5.91 Å². The molecule has 0 radical (unpaired) electrons. The van der Waals surface area contributed by atoms with E-state index in [1.165, 1.54) is 0 Å². The summed E-state index contributed by atoms with van der Waals surface area (Å²) in [6.45, 7) is 11.7. The molecule has 0 aliphatic carbocycles. The summed E-state index contributed by atoms with van der Waals surface area (Å²) < 4.78 is 12.0. The third-order valence-corrected chi connectivity index (χ3v) is 5.35. The first-order valence-electron chi connectivity index (χ1n) is 7.45. The lowest BCUT2D eigenvalue weighted by Crippen LogP contribution is -2.45. The molecule has 6 heteroatoms. The summed E-state index contributed by atoms with van der Waals surface area (Å²) in [4.78, 5) is 12.2. The molecule has 0 aromatic heterocycles. The third kappa shape index (κ3) is 7.02. The Kier molecular flexibility index (Phi) is 7.94. The van der Waals surface area contributed by atoms with Crippen LogP contribution in [0, 0.1) is 5.41 Å². The van der Waals surface area contributed by atoms with Crippen LogP contribution in [-0.2, 0) is 21.3 Å². The van der Waals surface area contributed by atoms with Crippen LogP contribution in [-0.4, -0.2) is 20.9 Å². The molecule has 2 atom stereocenters. The van der Waals surface area contributed by atoms with Crippen LogP contribution in [0.2, 0.25) is 0 Å². The van der Waals surface area contributed by atoms with Crippen molar-refractivity contribution >= 4 is 34.8 Å². The van der Waals surface area contributed by atoms with E-state index in [2.05, 4.69) is 5.32 Å². The Labute approximate surface area is 148 Å². The third-order valence-electron chi connectivity index (χ3n) is 3.39. The molecule has 0 spiro atoms. The van der Waals surface area contributed by atoms with E-state index in [1.54, 1.807) is 0 Å². The molecule has 23 heavy (non-hydrogen) atoms. The maximum atomic E-state index is 12.2. The molecule has 4 nitrogen and oxygen atoms in total. The number of benzene rings is 1. The topological polar surface area (TPSA) is 72.2 Å². The molecule has 0 fully saturated rings. The van der Waals surface area contributed by atoms with E-state index in [0.717, 1.165) is 5.56 Å². The average Bonchev–Trinajstić information content (AvgIpc) is 2.35. The second-order valence-electron chi connectivity index (χ2n) is 7.64. The van der Waals surface area contributed by atoms with Gasteiger partial charge in [0.25, 0.3) is 0 Å². The monoisotopic (exact) mass is 360 g/mol. The van der Waals surface area contributed by atoms with Gasteiger partial charge >= 0.3 is 0 Å². The quantitative estimate of drug-likeness (QED) is 0.863. The van der Waals surface area contributed by atoms with Gasteiger partial charge in [0.05, 0.1) is 6.04 Å². The van der Waals surface area contributed by atoms with Crippen molar-refractivity contribution in [3.8, 4) is 0 Å². The van der Waals surface area contributed by atoms with E-state index in [4.69, 9.17) is 5.73 Å². The van der Waals surface area contributed by atoms with Crippen molar-refractivity contribution in [2.45, 2.75) is 58.1 Å². The molecule has 0 aliphatic rings. The molecule has 1 aromatic rings. The van der Waals surface area contributed by atoms with E-state index in [-0.39, 0.29) is 28.5 Å². The van der Waals surface area contributed by atoms with Gasteiger partial charge in [-0.25, -0.2) is 0 Å². The van der Waals surface area contributed by atoms with Crippen LogP contribution >= 0.6 is 12.4 Å². The maximum absolute atomic E-state index is 12.2. The lowest BCUT2D eigenvalue weighted by Gasteiger charge is -2.26. The average molecular weight is 361 g/mol. The van der Waals surface area contributed by atoms with Crippen molar-refractivity contribution in [2.24, 2.45) is 11.1 Å². The zero-order chi connectivity index (χ0) is 17.1. The Balaban J connectivity index is 0.00000484. The summed E-state index contributed by atoms with van der Waals surface area (Å²) in [5.74, 6) is 0.264. The highest BCUT2D eigenvalue weighted by atomic mass is 35.5. The minimum atomic E-state index is -0.970. The predicted octanol–water partition coefficient (Wildman–Crippen LogP) is 3.47. The molecule has 0 saturated carbocycles. The van der Waals surface area contributed by atoms with E-state index < -0.39 is 16.8 Å². The molecule has 3 N–H and O–H groups in total. The van der Waals surface area contributed by atoms with Gasteiger partial charge in [-0.15, -0.1) is 12.4 Å². The summed E-state index contributed by atoms with van der Waals surface area (Å²) in [6.07, 6.45) is 0. The molecule has 0 heterocycles. The number of carbonyl (C=O) groups excluding carboxylic acids is 1. The molecule has 1 unspecified atom stereocenters. The van der Waals surface area contributed by atoms with Crippen LogP contribution in [0.15, 0.2) is 24.3 Å². The first kappa shape index (κ1) is 22.1. The van der Waals surface area contributed by atoms with Gasteiger partial charge in [0.1, 0.15) is 0 Å². The van der Waals surface area contributed by atoms with Gasteiger partial charge in [0, 0.05) is 27.0 Å². The Hall–Kier alpha value is -0.910. The summed E-state index contributed by atoms with van der Waals surface area (Å²) in [5.41, 5.74) is 7.29. The van der Waals surface area contributed by atoms with Crippen LogP contribution in [0.5, 0.6) is 0 Å². The summed E-state index contributed by atoms with van der Waals surface area (Å²) in [5, 5.41) is 2.84. The SMILES string of the molecule is CC(C)(C)[C@H](N)C(=O)Nc1cccc(CS(=O)C(C)(C)C)c1.Cl. The Morgan fingerprint density at radius 2 is 1.78 bits per heavy atom. The van der Waals surface area contributed by atoms with Crippen molar-refractivity contribution in [1.82, 2.24) is 0 Å². The van der Waals surface area contributed by atoms with Gasteiger partial charge in [-0.05, 0) is 43.9 Å². The van der Waals surface area contributed by atoms with Gasteiger partial charge in [-0.1, -0.05) is 32.9 Å². The number of hydrogen-bond donors (Lipinski definition) is 2. The molecule has 1 rings (SSSR count). The molecular formula is C17H29ClN2O2S. The number of nitrogens with two attached hydrogens (primary N) is 1. The first-order valence-corrected chi connectivity index (χ1v) is 8.77. The van der Waals surface area contributed by atoms with Crippen LogP contribution in [0.25, 0.3) is 0 Å². The highest BCUT2D eigenvalue weighted by Gasteiger charge is 2.27. The standard InChI is InChI=1S/C17H28N2O2S.ClH/c1-16(2,3)14(18)15(20)19-13-9-7-8-12(10-13)11-22(21)17(4,5)6;/h7-10,14H,11,18H2,1-6H3,(H,19,20);1H/t14-,22?;/m1./s1. The lowest BCUT2D eigenvalue weighted by molar-refractivity contribution is -0.119. The van der Waals surface area contributed by atoms with Crippen molar-refractivity contribution in [3.63, 3.8) is 0 Å². The van der Waals surface area contributed by atoms with Crippen LogP contribution in [0.3, 0.4) is 0 Å². The fourth-order valence-electron chi connectivity index (χ4n) is 1.72. The second-order valence-corrected chi connectivity index (χ2v) is 9.84. The molecule has 0 bridgehead atoms. The zero-order valence-corrected chi connectivity index (χ0v) is 16.4. The summed E-state index contributed by atoms with van der Waals surface area (Å²) >= 11 is 0. The Morgan fingerprint density at radius 1 is 1.22 bits per heavy atom. The molecule has 132 valence electrons. The number of halogens is 1. The van der Waals surface area contributed by atoms with Crippen LogP contribution in [0.1, 0.15) is 47.1 Å². The van der Waals surface area contributed by atoms with E-state index in [9.17, 15) is 9.00 Å². The molecule has 1 aromatic carbocycles. The smallest absolute Gasteiger partial charge is 0.241 e. The highest BCUT2D eigenvalue weighted by molar-refractivity contribution is 7.85. The van der Waals surface area contributed by atoms with Crippen molar-refractivity contribution < 1.29 is 9.00 Å². The summed E-state index contributed by atoms with van der Waals surface area (Å²) in [7, 11) is -0.970. The van der Waals surface area contributed by atoms with Crippen LogP contribution < -0.4 is 11.1 Å². The number of hydrogen-bond acceptors (Lipinski definition) is 3. The highest BCUT2D eigenvalue weighted by Crippen LogP contribution is 2.21. The number of amides is 1. The fraction of sp³-hybridized carbons (Fsp3) is 0.588. The minimum absolute atomic E-state index is 0. The number of nitrogens with one attached hydrogen (secondary N) is 1. The summed E-state index contributed by atoms with van der Waals surface area (Å²) in [6, 6.07) is 6.87. The molecule has 0 aliphatic heterocycles. The molecule has 1 amide bonds. The molecule has 0 saturated heterocycles. The Bertz CT molecular complexity index is 562. The maximum Gasteiger partial charge on any atom is 0.241 e. The van der Waals surface area contributed by atoms with Crippen molar-refractivity contribution in [1.29, 1.82) is 0 Å². The first-order chi connectivity index (χ1) is 9.91. The van der Waals surface area contributed by atoms with E-state index >= 15 is 0 Å². The lowest BCUT2D eigenvalue weighted by atomic mass is 9.87. The van der Waals surface area contributed by atoms with Crippen molar-refractivity contribution in [3.05, 3.63) is 29.8 Å². The molecular weight excluding hydrogens is 332 g/mol. The largest absolute Gasteiger partial charge is 0.325 e. The van der Waals surface area contributed by atoms with Crippen LogP contribution in [0.4, 0.5) is 5.69 Å². The predicted molar refractivity (Wildman–Crippen MR) is 101 cm³/mol. The normalized spacial score (nSPS) is 14.6. The van der Waals surface area contributed by atoms with Crippen molar-refractivity contribution in [2.75, 3.05) is 5.32 Å². The van der Waals surface area contributed by atoms with Gasteiger partial charge in [0.15, 0.2) is 0 Å². The number of carbonyl (C=O) groups is 1. The minimum Gasteiger partial charge on any atom is -0.325 e. The Morgan fingerprint density at radius 3 is 2.26 bits per heavy atom. The second kappa shape index (κ2) is 8.27. The van der Waals surface area contributed by atoms with E-state index in [0.29, 0.717) is 11.4 Å². The number of anilines is 1. The number of rotatable bonds is 4. The van der Waals surface area contributed by atoms with Gasteiger partial charge in [-0.2, -0.15) is 0 Å².